The summed E-state index contributed by atoms with van der Waals surface area (Å²) in [5, 5.41) is 3.24. The van der Waals surface area contributed by atoms with Gasteiger partial charge in [-0.2, -0.15) is 0 Å². The number of anilines is 2. The summed E-state index contributed by atoms with van der Waals surface area (Å²) in [6.45, 7) is 4.11. The van der Waals surface area contributed by atoms with Crippen LogP contribution < -0.4 is 10.0 Å². The molecule has 0 bridgehead atoms. The van der Waals surface area contributed by atoms with Gasteiger partial charge in [-0.1, -0.05) is 55.5 Å². The van der Waals surface area contributed by atoms with E-state index in [1.54, 1.807) is 54.6 Å². The molecule has 0 aliphatic rings. The highest BCUT2D eigenvalue weighted by molar-refractivity contribution is 7.92. The summed E-state index contributed by atoms with van der Waals surface area (Å²) in [7, 11) is -3.72. The maximum atomic E-state index is 12.7. The molecule has 0 saturated heterocycles. The largest absolute Gasteiger partial charge is 0.298 e. The molecule has 4 aromatic rings. The smallest absolute Gasteiger partial charge is 0.261 e. The number of sulfonamides is 1. The number of nitrogens with zero attached hydrogens (tertiary/aromatic N) is 1. The number of hydrogen-bond donors (Lipinski definition) is 2. The Hall–Kier alpha value is -3.23. The Morgan fingerprint density at radius 3 is 2.35 bits per heavy atom. The van der Waals surface area contributed by atoms with E-state index >= 15 is 0 Å². The molecular formula is C23H21N3O3S2. The number of fused-ring (bicyclic) bond motifs is 1. The molecule has 1 aromatic heterocycles. The van der Waals surface area contributed by atoms with E-state index in [0.29, 0.717) is 27.8 Å². The second-order valence-electron chi connectivity index (χ2n) is 7.35. The van der Waals surface area contributed by atoms with Crippen molar-refractivity contribution in [3.8, 4) is 0 Å². The van der Waals surface area contributed by atoms with E-state index in [-0.39, 0.29) is 10.8 Å². The Kier molecular flexibility index (Phi) is 5.75. The van der Waals surface area contributed by atoms with E-state index in [9.17, 15) is 13.2 Å². The molecule has 0 radical (unpaired) electrons. The van der Waals surface area contributed by atoms with Gasteiger partial charge in [-0.15, -0.1) is 0 Å². The SMILES string of the molecule is CC(C)c1ccc(S(=O)(=O)Nc2ccc3sc(NC(=O)c4ccccc4)nc3c2)cc1. The van der Waals surface area contributed by atoms with E-state index < -0.39 is 10.0 Å². The van der Waals surface area contributed by atoms with Crippen LogP contribution >= 0.6 is 11.3 Å². The lowest BCUT2D eigenvalue weighted by Gasteiger charge is -2.10. The van der Waals surface area contributed by atoms with Crippen LogP contribution in [0.2, 0.25) is 0 Å². The molecule has 4 rings (SSSR count). The number of aromatic nitrogens is 1. The van der Waals surface area contributed by atoms with E-state index in [2.05, 4.69) is 28.9 Å². The third-order valence-electron chi connectivity index (χ3n) is 4.75. The summed E-state index contributed by atoms with van der Waals surface area (Å²) in [6, 6.07) is 20.9. The van der Waals surface area contributed by atoms with Gasteiger partial charge in [0.05, 0.1) is 20.8 Å². The third-order valence-corrected chi connectivity index (χ3v) is 7.10. The Morgan fingerprint density at radius 2 is 1.68 bits per heavy atom. The minimum atomic E-state index is -3.72. The van der Waals surface area contributed by atoms with Crippen LogP contribution in [0.4, 0.5) is 10.8 Å². The molecule has 0 fully saturated rings. The fraction of sp³-hybridized carbons (Fsp3) is 0.130. The Morgan fingerprint density at radius 1 is 0.968 bits per heavy atom. The minimum Gasteiger partial charge on any atom is -0.298 e. The van der Waals surface area contributed by atoms with Crippen LogP contribution in [0.15, 0.2) is 77.7 Å². The predicted octanol–water partition coefficient (Wildman–Crippen LogP) is 5.47. The molecular weight excluding hydrogens is 430 g/mol. The van der Waals surface area contributed by atoms with Crippen LogP contribution in [-0.2, 0) is 10.0 Å². The maximum absolute atomic E-state index is 12.7. The first-order valence-corrected chi connectivity index (χ1v) is 12.0. The highest BCUT2D eigenvalue weighted by Gasteiger charge is 2.16. The monoisotopic (exact) mass is 451 g/mol. The second kappa shape index (κ2) is 8.49. The van der Waals surface area contributed by atoms with Crippen molar-refractivity contribution in [2.75, 3.05) is 10.0 Å². The van der Waals surface area contributed by atoms with Gasteiger partial charge in [0.1, 0.15) is 0 Å². The van der Waals surface area contributed by atoms with Crippen molar-refractivity contribution < 1.29 is 13.2 Å². The van der Waals surface area contributed by atoms with Crippen molar-refractivity contribution in [3.05, 3.63) is 83.9 Å². The number of amides is 1. The molecule has 1 amide bonds. The summed E-state index contributed by atoms with van der Waals surface area (Å²) in [4.78, 5) is 17.0. The highest BCUT2D eigenvalue weighted by atomic mass is 32.2. The molecule has 0 aliphatic heterocycles. The molecule has 6 nitrogen and oxygen atoms in total. The van der Waals surface area contributed by atoms with E-state index in [4.69, 9.17) is 0 Å². The van der Waals surface area contributed by atoms with Crippen molar-refractivity contribution in [2.45, 2.75) is 24.7 Å². The number of hydrogen-bond acceptors (Lipinski definition) is 5. The molecule has 8 heteroatoms. The van der Waals surface area contributed by atoms with Crippen molar-refractivity contribution >= 4 is 48.3 Å². The predicted molar refractivity (Wildman–Crippen MR) is 125 cm³/mol. The lowest BCUT2D eigenvalue weighted by Crippen LogP contribution is -2.13. The van der Waals surface area contributed by atoms with E-state index in [1.807, 2.05) is 18.2 Å². The zero-order chi connectivity index (χ0) is 22.0. The van der Waals surface area contributed by atoms with Crippen molar-refractivity contribution in [1.29, 1.82) is 0 Å². The molecule has 158 valence electrons. The lowest BCUT2D eigenvalue weighted by molar-refractivity contribution is 0.102. The maximum Gasteiger partial charge on any atom is 0.261 e. The number of benzene rings is 3. The van der Waals surface area contributed by atoms with Crippen molar-refractivity contribution in [2.24, 2.45) is 0 Å². The molecule has 3 aromatic carbocycles. The summed E-state index contributed by atoms with van der Waals surface area (Å²) >= 11 is 1.33. The quantitative estimate of drug-likeness (QED) is 0.407. The molecule has 0 saturated carbocycles. The average Bonchev–Trinajstić information content (AvgIpc) is 3.15. The van der Waals surface area contributed by atoms with Gasteiger partial charge in [0, 0.05) is 5.56 Å². The molecule has 2 N–H and O–H groups in total. The molecule has 0 spiro atoms. The van der Waals surface area contributed by atoms with E-state index in [0.717, 1.165) is 10.3 Å². The zero-order valence-corrected chi connectivity index (χ0v) is 18.6. The molecule has 1 heterocycles. The van der Waals surface area contributed by atoms with Gasteiger partial charge in [0.15, 0.2) is 5.13 Å². The fourth-order valence-corrected chi connectivity index (χ4v) is 4.94. The standard InChI is InChI=1S/C23H21N3O3S2/c1-15(2)16-8-11-19(12-9-16)31(28,29)26-18-10-13-21-20(14-18)24-23(30-21)25-22(27)17-6-4-3-5-7-17/h3-15,26H,1-2H3,(H,24,25,27). The molecule has 0 unspecified atom stereocenters. The van der Waals surface area contributed by atoms with Crippen LogP contribution in [0.5, 0.6) is 0 Å². The van der Waals surface area contributed by atoms with Crippen LogP contribution in [-0.4, -0.2) is 19.3 Å². The van der Waals surface area contributed by atoms with Gasteiger partial charge in [0.25, 0.3) is 15.9 Å². The Labute approximate surface area is 185 Å². The topological polar surface area (TPSA) is 88.2 Å². The van der Waals surface area contributed by atoms with Gasteiger partial charge in [0.2, 0.25) is 0 Å². The van der Waals surface area contributed by atoms with Gasteiger partial charge in [-0.05, 0) is 53.9 Å². The van der Waals surface area contributed by atoms with Crippen molar-refractivity contribution in [1.82, 2.24) is 4.98 Å². The molecule has 31 heavy (non-hydrogen) atoms. The normalized spacial score (nSPS) is 11.6. The van der Waals surface area contributed by atoms with Gasteiger partial charge in [-0.25, -0.2) is 13.4 Å². The van der Waals surface area contributed by atoms with Gasteiger partial charge >= 0.3 is 0 Å². The van der Waals surface area contributed by atoms with Crippen LogP contribution in [0.1, 0.15) is 35.7 Å². The number of nitrogens with one attached hydrogen (secondary N) is 2. The fourth-order valence-electron chi connectivity index (χ4n) is 3.05. The van der Waals surface area contributed by atoms with Gasteiger partial charge < -0.3 is 0 Å². The lowest BCUT2D eigenvalue weighted by atomic mass is 10.0. The Bertz CT molecular complexity index is 1330. The number of thiazole rings is 1. The number of rotatable bonds is 6. The average molecular weight is 452 g/mol. The summed E-state index contributed by atoms with van der Waals surface area (Å²) in [6.07, 6.45) is 0. The molecule has 0 atom stereocenters. The number of carbonyl (C=O) groups excluding carboxylic acids is 1. The van der Waals surface area contributed by atoms with Crippen LogP contribution in [0.25, 0.3) is 10.2 Å². The zero-order valence-electron chi connectivity index (χ0n) is 17.0. The second-order valence-corrected chi connectivity index (χ2v) is 10.1. The summed E-state index contributed by atoms with van der Waals surface area (Å²) in [5.74, 6) is 0.0822. The van der Waals surface area contributed by atoms with Crippen LogP contribution in [0, 0.1) is 0 Å². The summed E-state index contributed by atoms with van der Waals surface area (Å²) < 4.78 is 28.9. The Balaban J connectivity index is 1.53. The number of carbonyl (C=O) groups is 1. The first-order valence-electron chi connectivity index (χ1n) is 9.71. The highest BCUT2D eigenvalue weighted by Crippen LogP contribution is 2.29. The van der Waals surface area contributed by atoms with Crippen LogP contribution in [0.3, 0.4) is 0 Å². The van der Waals surface area contributed by atoms with Crippen molar-refractivity contribution in [3.63, 3.8) is 0 Å². The molecule has 0 aliphatic carbocycles. The summed E-state index contributed by atoms with van der Waals surface area (Å²) in [5.41, 5.74) is 2.63. The minimum absolute atomic E-state index is 0.200. The van der Waals surface area contributed by atoms with Gasteiger partial charge in [-0.3, -0.25) is 14.8 Å². The third kappa shape index (κ3) is 4.76. The first-order chi connectivity index (χ1) is 14.8. The van der Waals surface area contributed by atoms with E-state index in [1.165, 1.54) is 11.3 Å². The first kappa shape index (κ1) is 21.0.